The average molecular weight is 330 g/mol. The van der Waals surface area contributed by atoms with Gasteiger partial charge in [-0.3, -0.25) is 0 Å². The van der Waals surface area contributed by atoms with Gasteiger partial charge in [0, 0.05) is 0 Å². The predicted octanol–water partition coefficient (Wildman–Crippen LogP) is 4.72. The topological polar surface area (TPSA) is 13.1 Å². The fourth-order valence-electron chi connectivity index (χ4n) is 1.42. The molecule has 0 saturated carbocycles. The van der Waals surface area contributed by atoms with Crippen LogP contribution in [0.25, 0.3) is 0 Å². The van der Waals surface area contributed by atoms with Crippen molar-refractivity contribution in [1.82, 2.24) is 0 Å². The van der Waals surface area contributed by atoms with Crippen LogP contribution in [0, 0.1) is 0 Å². The van der Waals surface area contributed by atoms with Gasteiger partial charge in [0.25, 0.3) is 0 Å². The van der Waals surface area contributed by atoms with Crippen molar-refractivity contribution in [1.29, 1.82) is 0 Å². The van der Waals surface area contributed by atoms with Gasteiger partial charge in [0.15, 0.2) is 4.67 Å². The van der Waals surface area contributed by atoms with Crippen LogP contribution in [0.5, 0.6) is 0 Å². The second kappa shape index (κ2) is 4.99. The molecule has 0 aliphatic carbocycles. The molecule has 1 heterocycles. The van der Waals surface area contributed by atoms with Crippen molar-refractivity contribution in [2.45, 2.75) is 11.2 Å². The highest BCUT2D eigenvalue weighted by Crippen LogP contribution is 2.29. The Labute approximate surface area is 106 Å². The van der Waals surface area contributed by atoms with E-state index in [-0.39, 0.29) is 4.83 Å². The Balaban J connectivity index is 2.07. The molecule has 0 spiro atoms. The van der Waals surface area contributed by atoms with E-state index in [2.05, 4.69) is 44.0 Å². The largest absolute Gasteiger partial charge is 0.453 e. The van der Waals surface area contributed by atoms with Gasteiger partial charge < -0.3 is 4.42 Å². The van der Waals surface area contributed by atoms with Gasteiger partial charge in [0.05, 0.1) is 4.83 Å². The second-order valence-corrected chi connectivity index (χ2v) is 5.19. The maximum Gasteiger partial charge on any atom is 0.169 e. The van der Waals surface area contributed by atoms with Crippen LogP contribution < -0.4 is 0 Å². The molecule has 1 atom stereocenters. The average Bonchev–Trinajstić information content (AvgIpc) is 2.66. The zero-order valence-electron chi connectivity index (χ0n) is 7.99. The fraction of sp³-hybridized carbons (Fsp3) is 0.167. The van der Waals surface area contributed by atoms with Crippen molar-refractivity contribution >= 4 is 31.9 Å². The van der Waals surface area contributed by atoms with Crippen LogP contribution in [0.4, 0.5) is 0 Å². The molecule has 0 N–H and O–H groups in total. The van der Waals surface area contributed by atoms with Crippen LogP contribution in [-0.4, -0.2) is 0 Å². The minimum atomic E-state index is 0.228. The SMILES string of the molecule is Brc1ccc(C(Br)Cc2ccccc2)o1. The number of rotatable bonds is 3. The number of halogens is 2. The molecule has 3 heteroatoms. The summed E-state index contributed by atoms with van der Waals surface area (Å²) in [6.45, 7) is 0. The number of hydrogen-bond acceptors (Lipinski definition) is 1. The summed E-state index contributed by atoms with van der Waals surface area (Å²) in [5, 5.41) is 0. The summed E-state index contributed by atoms with van der Waals surface area (Å²) < 4.78 is 6.26. The van der Waals surface area contributed by atoms with Crippen LogP contribution in [0.1, 0.15) is 16.2 Å². The van der Waals surface area contributed by atoms with Crippen molar-refractivity contribution in [2.24, 2.45) is 0 Å². The van der Waals surface area contributed by atoms with Gasteiger partial charge in [-0.25, -0.2) is 0 Å². The van der Waals surface area contributed by atoms with Crippen molar-refractivity contribution < 1.29 is 4.42 Å². The summed E-state index contributed by atoms with van der Waals surface area (Å²) in [7, 11) is 0. The van der Waals surface area contributed by atoms with E-state index >= 15 is 0 Å². The molecule has 78 valence electrons. The zero-order chi connectivity index (χ0) is 10.7. The third-order valence-corrected chi connectivity index (χ3v) is 3.36. The van der Waals surface area contributed by atoms with Crippen molar-refractivity contribution in [2.75, 3.05) is 0 Å². The quantitative estimate of drug-likeness (QED) is 0.742. The molecule has 1 unspecified atom stereocenters. The van der Waals surface area contributed by atoms with Gasteiger partial charge in [-0.15, -0.1) is 0 Å². The van der Waals surface area contributed by atoms with E-state index in [0.717, 1.165) is 16.9 Å². The van der Waals surface area contributed by atoms with E-state index in [1.54, 1.807) is 0 Å². The smallest absolute Gasteiger partial charge is 0.169 e. The highest BCUT2D eigenvalue weighted by Gasteiger charge is 2.12. The molecule has 1 aromatic carbocycles. The van der Waals surface area contributed by atoms with Crippen LogP contribution in [0.3, 0.4) is 0 Å². The minimum absolute atomic E-state index is 0.228. The molecule has 0 bridgehead atoms. The molecule has 1 nitrogen and oxygen atoms in total. The first kappa shape index (κ1) is 11.0. The molecular formula is C12H10Br2O. The Morgan fingerprint density at radius 1 is 1.07 bits per heavy atom. The third kappa shape index (κ3) is 2.95. The normalized spacial score (nSPS) is 12.7. The third-order valence-electron chi connectivity index (χ3n) is 2.16. The van der Waals surface area contributed by atoms with Crippen molar-refractivity contribution in [3.63, 3.8) is 0 Å². The molecular weight excluding hydrogens is 320 g/mol. The lowest BCUT2D eigenvalue weighted by atomic mass is 10.1. The highest BCUT2D eigenvalue weighted by atomic mass is 79.9. The van der Waals surface area contributed by atoms with Crippen LogP contribution in [0.2, 0.25) is 0 Å². The Bertz CT molecular complexity index is 422. The lowest BCUT2D eigenvalue weighted by Crippen LogP contribution is -1.92. The van der Waals surface area contributed by atoms with E-state index < -0.39 is 0 Å². The van der Waals surface area contributed by atoms with Crippen molar-refractivity contribution in [3.8, 4) is 0 Å². The maximum absolute atomic E-state index is 5.49. The van der Waals surface area contributed by atoms with Crippen LogP contribution >= 0.6 is 31.9 Å². The molecule has 2 rings (SSSR count). The minimum Gasteiger partial charge on any atom is -0.453 e. The summed E-state index contributed by atoms with van der Waals surface area (Å²) in [4.78, 5) is 0.228. The second-order valence-electron chi connectivity index (χ2n) is 3.30. The highest BCUT2D eigenvalue weighted by molar-refractivity contribution is 9.10. The Kier molecular flexibility index (Phi) is 3.65. The van der Waals surface area contributed by atoms with Crippen LogP contribution in [0.15, 0.2) is 51.6 Å². The summed E-state index contributed by atoms with van der Waals surface area (Å²) in [6.07, 6.45) is 0.931. The molecule has 0 aliphatic heterocycles. The summed E-state index contributed by atoms with van der Waals surface area (Å²) >= 11 is 6.92. The van der Waals surface area contributed by atoms with Gasteiger partial charge in [-0.05, 0) is 40.0 Å². The lowest BCUT2D eigenvalue weighted by molar-refractivity contribution is 0.486. The summed E-state index contributed by atoms with van der Waals surface area (Å²) in [5.41, 5.74) is 1.30. The molecule has 0 saturated heterocycles. The molecule has 15 heavy (non-hydrogen) atoms. The fourth-order valence-corrected chi connectivity index (χ4v) is 2.36. The Morgan fingerprint density at radius 3 is 2.40 bits per heavy atom. The first-order valence-corrected chi connectivity index (χ1v) is 6.40. The number of alkyl halides is 1. The molecule has 0 aliphatic rings. The molecule has 0 radical (unpaired) electrons. The van der Waals surface area contributed by atoms with E-state index in [9.17, 15) is 0 Å². The van der Waals surface area contributed by atoms with Gasteiger partial charge in [0.1, 0.15) is 5.76 Å². The lowest BCUT2D eigenvalue weighted by Gasteiger charge is -2.06. The van der Waals surface area contributed by atoms with E-state index in [1.807, 2.05) is 30.3 Å². The molecule has 1 aromatic heterocycles. The first-order valence-electron chi connectivity index (χ1n) is 4.69. The standard InChI is InChI=1S/C12H10Br2O/c13-10(11-6-7-12(14)15-11)8-9-4-2-1-3-5-9/h1-7,10H,8H2. The Hall–Kier alpha value is -0.540. The van der Waals surface area contributed by atoms with Crippen LogP contribution in [-0.2, 0) is 6.42 Å². The molecule has 2 aromatic rings. The number of benzene rings is 1. The van der Waals surface area contributed by atoms with E-state index in [0.29, 0.717) is 0 Å². The summed E-state index contributed by atoms with van der Waals surface area (Å²) in [5.74, 6) is 0.950. The number of furan rings is 1. The van der Waals surface area contributed by atoms with E-state index in [4.69, 9.17) is 4.42 Å². The summed E-state index contributed by atoms with van der Waals surface area (Å²) in [6, 6.07) is 14.2. The van der Waals surface area contributed by atoms with Crippen molar-refractivity contribution in [3.05, 3.63) is 58.5 Å². The van der Waals surface area contributed by atoms with Gasteiger partial charge in [0.2, 0.25) is 0 Å². The molecule has 0 fully saturated rings. The molecule has 0 amide bonds. The van der Waals surface area contributed by atoms with E-state index in [1.165, 1.54) is 5.56 Å². The van der Waals surface area contributed by atoms with Gasteiger partial charge in [-0.2, -0.15) is 0 Å². The number of hydrogen-bond donors (Lipinski definition) is 0. The Morgan fingerprint density at radius 2 is 1.80 bits per heavy atom. The van der Waals surface area contributed by atoms with Gasteiger partial charge >= 0.3 is 0 Å². The zero-order valence-corrected chi connectivity index (χ0v) is 11.2. The maximum atomic E-state index is 5.49. The predicted molar refractivity (Wildman–Crippen MR) is 68.2 cm³/mol. The first-order chi connectivity index (χ1) is 7.25. The van der Waals surface area contributed by atoms with Gasteiger partial charge in [-0.1, -0.05) is 46.3 Å². The monoisotopic (exact) mass is 328 g/mol.